The van der Waals surface area contributed by atoms with Crippen LogP contribution in [-0.4, -0.2) is 53.4 Å². The van der Waals surface area contributed by atoms with Gasteiger partial charge in [0.1, 0.15) is 5.56 Å². The normalized spacial score (nSPS) is 16.6. The number of H-pyrrole nitrogens is 1. The monoisotopic (exact) mass is 277 g/mol. The minimum Gasteiger partial charge on any atom is -0.367 e. The van der Waals surface area contributed by atoms with E-state index in [2.05, 4.69) is 23.7 Å². The Hall–Kier alpha value is -1.62. The van der Waals surface area contributed by atoms with Gasteiger partial charge in [0.15, 0.2) is 5.43 Å². The molecule has 5 heteroatoms. The van der Waals surface area contributed by atoms with E-state index in [1.54, 1.807) is 11.1 Å². The van der Waals surface area contributed by atoms with Crippen LogP contribution in [-0.2, 0) is 0 Å². The van der Waals surface area contributed by atoms with Gasteiger partial charge in [0.05, 0.1) is 0 Å². The van der Waals surface area contributed by atoms with E-state index in [0.29, 0.717) is 19.0 Å². The molecule has 1 aromatic heterocycles. The number of hydrogen-bond donors (Lipinski definition) is 1. The lowest BCUT2D eigenvalue weighted by Gasteiger charge is -2.34. The van der Waals surface area contributed by atoms with Crippen LogP contribution in [0.3, 0.4) is 0 Å². The molecule has 0 unspecified atom stereocenters. The maximum Gasteiger partial charge on any atom is 0.259 e. The van der Waals surface area contributed by atoms with Gasteiger partial charge in [0.2, 0.25) is 0 Å². The molecule has 0 aromatic carbocycles. The second kappa shape index (κ2) is 6.70. The minimum atomic E-state index is -0.212. The summed E-state index contributed by atoms with van der Waals surface area (Å²) in [5.41, 5.74) is 0.0270. The number of carbonyl (C=O) groups excluding carboxylic acids is 1. The van der Waals surface area contributed by atoms with Gasteiger partial charge < -0.3 is 9.88 Å². The van der Waals surface area contributed by atoms with E-state index in [4.69, 9.17) is 0 Å². The fourth-order valence-electron chi connectivity index (χ4n) is 2.37. The Bertz CT molecular complexity index is 502. The van der Waals surface area contributed by atoms with Crippen molar-refractivity contribution in [1.29, 1.82) is 0 Å². The van der Waals surface area contributed by atoms with Gasteiger partial charge in [-0.15, -0.1) is 0 Å². The molecule has 1 N–H and O–H groups in total. The summed E-state index contributed by atoms with van der Waals surface area (Å²) >= 11 is 0. The Kier molecular flexibility index (Phi) is 4.95. The number of pyridine rings is 1. The van der Waals surface area contributed by atoms with Crippen LogP contribution >= 0.6 is 0 Å². The summed E-state index contributed by atoms with van der Waals surface area (Å²) in [7, 11) is 0. The number of carbonyl (C=O) groups is 1. The first-order valence-corrected chi connectivity index (χ1v) is 7.26. The number of amides is 1. The van der Waals surface area contributed by atoms with E-state index in [9.17, 15) is 9.59 Å². The van der Waals surface area contributed by atoms with Crippen molar-refractivity contribution in [1.82, 2.24) is 14.8 Å². The molecule has 1 aliphatic rings. The summed E-state index contributed by atoms with van der Waals surface area (Å²) < 4.78 is 0. The minimum absolute atomic E-state index is 0.157. The quantitative estimate of drug-likeness (QED) is 0.899. The van der Waals surface area contributed by atoms with Crippen molar-refractivity contribution in [2.24, 2.45) is 5.92 Å². The first-order valence-electron chi connectivity index (χ1n) is 7.26. The van der Waals surface area contributed by atoms with E-state index in [1.807, 2.05) is 0 Å². The molecule has 0 spiro atoms. The molecule has 0 bridgehead atoms. The lowest BCUT2D eigenvalue weighted by molar-refractivity contribution is 0.0630. The van der Waals surface area contributed by atoms with E-state index < -0.39 is 0 Å². The Labute approximate surface area is 119 Å². The number of rotatable bonds is 4. The van der Waals surface area contributed by atoms with Crippen LogP contribution in [0.5, 0.6) is 0 Å². The molecule has 5 nitrogen and oxygen atoms in total. The van der Waals surface area contributed by atoms with Gasteiger partial charge in [-0.1, -0.05) is 13.8 Å². The zero-order valence-electron chi connectivity index (χ0n) is 12.3. The third-order valence-corrected chi connectivity index (χ3v) is 3.74. The van der Waals surface area contributed by atoms with Crippen LogP contribution in [0.1, 0.15) is 30.6 Å². The van der Waals surface area contributed by atoms with Crippen LogP contribution < -0.4 is 5.43 Å². The molecule has 2 heterocycles. The second-order valence-electron chi connectivity index (χ2n) is 5.74. The average molecular weight is 277 g/mol. The molecular formula is C15H23N3O2. The lowest BCUT2D eigenvalue weighted by atomic mass is 10.1. The second-order valence-corrected chi connectivity index (χ2v) is 5.74. The highest BCUT2D eigenvalue weighted by atomic mass is 16.2. The highest BCUT2D eigenvalue weighted by Gasteiger charge is 2.23. The molecule has 1 saturated heterocycles. The SMILES string of the molecule is CC(C)CCN1CCN(C(=O)c2c[nH]ccc2=O)CC1. The summed E-state index contributed by atoms with van der Waals surface area (Å²) in [5.74, 6) is 0.549. The van der Waals surface area contributed by atoms with E-state index >= 15 is 0 Å². The number of aromatic nitrogens is 1. The fraction of sp³-hybridized carbons (Fsp3) is 0.600. The molecule has 0 saturated carbocycles. The molecule has 20 heavy (non-hydrogen) atoms. The molecule has 110 valence electrons. The van der Waals surface area contributed by atoms with Crippen molar-refractivity contribution in [2.75, 3.05) is 32.7 Å². The predicted molar refractivity (Wildman–Crippen MR) is 78.9 cm³/mol. The largest absolute Gasteiger partial charge is 0.367 e. The van der Waals surface area contributed by atoms with Crippen molar-refractivity contribution in [3.63, 3.8) is 0 Å². The summed E-state index contributed by atoms with van der Waals surface area (Å²) in [5, 5.41) is 0. The summed E-state index contributed by atoms with van der Waals surface area (Å²) in [4.78, 5) is 30.9. The van der Waals surface area contributed by atoms with Crippen LogP contribution in [0.2, 0.25) is 0 Å². The highest BCUT2D eigenvalue weighted by Crippen LogP contribution is 2.08. The molecule has 1 aliphatic heterocycles. The van der Waals surface area contributed by atoms with Gasteiger partial charge in [0, 0.05) is 44.6 Å². The third kappa shape index (κ3) is 3.70. The van der Waals surface area contributed by atoms with E-state index in [0.717, 1.165) is 19.6 Å². The van der Waals surface area contributed by atoms with Crippen LogP contribution in [0.4, 0.5) is 0 Å². The molecule has 1 amide bonds. The topological polar surface area (TPSA) is 56.4 Å². The van der Waals surface area contributed by atoms with Crippen LogP contribution in [0.15, 0.2) is 23.3 Å². The van der Waals surface area contributed by atoms with Gasteiger partial charge in [-0.2, -0.15) is 0 Å². The fourth-order valence-corrected chi connectivity index (χ4v) is 2.37. The van der Waals surface area contributed by atoms with E-state index in [1.165, 1.54) is 18.7 Å². The maximum absolute atomic E-state index is 12.3. The number of hydrogen-bond acceptors (Lipinski definition) is 3. The standard InChI is InChI=1S/C15H23N3O2/c1-12(2)4-6-17-7-9-18(10-8-17)15(20)13-11-16-5-3-14(13)19/h3,5,11-12H,4,6-10H2,1-2H3,(H,16,19). The predicted octanol–water partition coefficient (Wildman–Crippen LogP) is 1.18. The third-order valence-electron chi connectivity index (χ3n) is 3.74. The summed E-state index contributed by atoms with van der Waals surface area (Å²) in [6, 6.07) is 1.39. The zero-order chi connectivity index (χ0) is 14.5. The molecule has 1 aromatic rings. The molecule has 2 rings (SSSR count). The van der Waals surface area contributed by atoms with E-state index in [-0.39, 0.29) is 16.9 Å². The molecule has 0 atom stereocenters. The molecular weight excluding hydrogens is 254 g/mol. The lowest BCUT2D eigenvalue weighted by Crippen LogP contribution is -2.49. The van der Waals surface area contributed by atoms with Gasteiger partial charge in [-0.25, -0.2) is 0 Å². The summed E-state index contributed by atoms with van der Waals surface area (Å²) in [6.45, 7) is 8.72. The van der Waals surface area contributed by atoms with Gasteiger partial charge in [0.25, 0.3) is 5.91 Å². The maximum atomic E-state index is 12.3. The van der Waals surface area contributed by atoms with Crippen LogP contribution in [0.25, 0.3) is 0 Å². The van der Waals surface area contributed by atoms with Crippen molar-refractivity contribution in [2.45, 2.75) is 20.3 Å². The highest BCUT2D eigenvalue weighted by molar-refractivity contribution is 5.93. The first-order chi connectivity index (χ1) is 9.58. The van der Waals surface area contributed by atoms with Crippen LogP contribution in [0, 0.1) is 5.92 Å². The Morgan fingerprint density at radius 3 is 2.60 bits per heavy atom. The molecule has 0 aliphatic carbocycles. The smallest absolute Gasteiger partial charge is 0.259 e. The van der Waals surface area contributed by atoms with Crippen molar-refractivity contribution in [3.05, 3.63) is 34.2 Å². The Morgan fingerprint density at radius 1 is 1.30 bits per heavy atom. The van der Waals surface area contributed by atoms with Gasteiger partial charge in [-0.05, 0) is 18.9 Å². The zero-order valence-corrected chi connectivity index (χ0v) is 12.3. The van der Waals surface area contributed by atoms with Crippen molar-refractivity contribution < 1.29 is 4.79 Å². The Balaban J connectivity index is 1.89. The molecule has 0 radical (unpaired) electrons. The number of aromatic amines is 1. The number of piperazine rings is 1. The summed E-state index contributed by atoms with van der Waals surface area (Å²) in [6.07, 6.45) is 4.23. The average Bonchev–Trinajstić information content (AvgIpc) is 2.45. The number of nitrogens with one attached hydrogen (secondary N) is 1. The first kappa shape index (κ1) is 14.8. The molecule has 1 fully saturated rings. The van der Waals surface area contributed by atoms with Gasteiger partial charge >= 0.3 is 0 Å². The Morgan fingerprint density at radius 2 is 2.00 bits per heavy atom. The number of nitrogens with zero attached hydrogens (tertiary/aromatic N) is 2. The van der Waals surface area contributed by atoms with Crippen molar-refractivity contribution in [3.8, 4) is 0 Å². The van der Waals surface area contributed by atoms with Crippen molar-refractivity contribution >= 4 is 5.91 Å². The van der Waals surface area contributed by atoms with Gasteiger partial charge in [-0.3, -0.25) is 14.5 Å².